The van der Waals surface area contributed by atoms with Gasteiger partial charge in [0.1, 0.15) is 10.8 Å². The molecule has 0 fully saturated rings. The highest BCUT2D eigenvalue weighted by molar-refractivity contribution is 7.16. The van der Waals surface area contributed by atoms with Crippen LogP contribution in [-0.2, 0) is 13.5 Å². The van der Waals surface area contributed by atoms with Gasteiger partial charge in [0, 0.05) is 24.7 Å². The lowest BCUT2D eigenvalue weighted by Gasteiger charge is -1.98. The maximum absolute atomic E-state index is 5.23. The third kappa shape index (κ3) is 2.15. The first-order valence-electron chi connectivity index (χ1n) is 7.59. The Hall–Kier alpha value is -2.55. The van der Waals surface area contributed by atoms with E-state index in [1.807, 2.05) is 39.4 Å². The van der Waals surface area contributed by atoms with E-state index in [0.717, 1.165) is 49.8 Å². The van der Waals surface area contributed by atoms with Crippen LogP contribution in [0, 0.1) is 27.7 Å². The summed E-state index contributed by atoms with van der Waals surface area (Å²) < 4.78 is 8.88. The number of hydrogen-bond acceptors (Lipinski definition) is 7. The standard InChI is InChI=1S/C15H17N7OS/c1-7-11(10(4)23-20-7)6-12-19-22-14(16-17-15(22)24-12)13-8(2)18-21(5)9(13)3/h6H2,1-5H3. The molecule has 8 nitrogen and oxygen atoms in total. The lowest BCUT2D eigenvalue weighted by Crippen LogP contribution is -1.97. The predicted octanol–water partition coefficient (Wildman–Crippen LogP) is 2.40. The van der Waals surface area contributed by atoms with Gasteiger partial charge in [0.05, 0.1) is 17.0 Å². The Morgan fingerprint density at radius 2 is 1.83 bits per heavy atom. The molecule has 0 unspecified atom stereocenters. The number of fused-ring (bicyclic) bond motifs is 1. The van der Waals surface area contributed by atoms with E-state index < -0.39 is 0 Å². The Balaban J connectivity index is 1.79. The number of aryl methyl sites for hydroxylation is 4. The van der Waals surface area contributed by atoms with Crippen molar-refractivity contribution in [1.29, 1.82) is 0 Å². The molecule has 0 amide bonds. The van der Waals surface area contributed by atoms with Crippen molar-refractivity contribution < 1.29 is 4.52 Å². The lowest BCUT2D eigenvalue weighted by molar-refractivity contribution is 0.392. The van der Waals surface area contributed by atoms with Gasteiger partial charge in [-0.3, -0.25) is 4.68 Å². The average molecular weight is 343 g/mol. The Kier molecular flexibility index (Phi) is 3.27. The molecule has 0 aliphatic rings. The van der Waals surface area contributed by atoms with E-state index in [0.29, 0.717) is 6.42 Å². The van der Waals surface area contributed by atoms with Crippen molar-refractivity contribution in [2.24, 2.45) is 7.05 Å². The van der Waals surface area contributed by atoms with Gasteiger partial charge in [0.2, 0.25) is 4.96 Å². The summed E-state index contributed by atoms with van der Waals surface area (Å²) in [5.41, 5.74) is 4.93. The van der Waals surface area contributed by atoms with Crippen LogP contribution in [0.25, 0.3) is 16.3 Å². The molecule has 0 radical (unpaired) electrons. The minimum absolute atomic E-state index is 0.680. The van der Waals surface area contributed by atoms with E-state index in [1.54, 1.807) is 4.52 Å². The van der Waals surface area contributed by atoms with Gasteiger partial charge < -0.3 is 4.52 Å². The fraction of sp³-hybridized carbons (Fsp3) is 0.400. The van der Waals surface area contributed by atoms with Crippen molar-refractivity contribution in [3.63, 3.8) is 0 Å². The minimum atomic E-state index is 0.680. The van der Waals surface area contributed by atoms with Crippen LogP contribution < -0.4 is 0 Å². The maximum Gasteiger partial charge on any atom is 0.234 e. The van der Waals surface area contributed by atoms with Crippen molar-refractivity contribution in [2.75, 3.05) is 0 Å². The summed E-state index contributed by atoms with van der Waals surface area (Å²) in [5.74, 6) is 1.56. The van der Waals surface area contributed by atoms with Crippen LogP contribution in [0.3, 0.4) is 0 Å². The van der Waals surface area contributed by atoms with Gasteiger partial charge >= 0.3 is 0 Å². The number of nitrogens with zero attached hydrogens (tertiary/aromatic N) is 7. The zero-order valence-electron chi connectivity index (χ0n) is 14.2. The molecule has 0 N–H and O–H groups in total. The van der Waals surface area contributed by atoms with Crippen molar-refractivity contribution in [2.45, 2.75) is 34.1 Å². The first kappa shape index (κ1) is 15.0. The molecule has 24 heavy (non-hydrogen) atoms. The molecule has 0 aliphatic carbocycles. The van der Waals surface area contributed by atoms with Gasteiger partial charge in [-0.2, -0.15) is 14.7 Å². The second kappa shape index (κ2) is 5.23. The molecular formula is C15H17N7OS. The molecule has 4 heterocycles. The van der Waals surface area contributed by atoms with E-state index in [-0.39, 0.29) is 0 Å². The molecule has 0 saturated heterocycles. The lowest BCUT2D eigenvalue weighted by atomic mass is 10.1. The molecule has 0 saturated carbocycles. The topological polar surface area (TPSA) is 86.9 Å². The van der Waals surface area contributed by atoms with Gasteiger partial charge in [0.15, 0.2) is 5.82 Å². The molecule has 0 atom stereocenters. The molecule has 0 aromatic carbocycles. The van der Waals surface area contributed by atoms with Gasteiger partial charge in [-0.15, -0.1) is 10.2 Å². The largest absolute Gasteiger partial charge is 0.361 e. The van der Waals surface area contributed by atoms with E-state index >= 15 is 0 Å². The molecule has 0 spiro atoms. The first-order valence-corrected chi connectivity index (χ1v) is 8.40. The van der Waals surface area contributed by atoms with Crippen LogP contribution in [0.2, 0.25) is 0 Å². The summed E-state index contributed by atoms with van der Waals surface area (Å²) in [6, 6.07) is 0. The second-order valence-electron chi connectivity index (χ2n) is 5.86. The Labute approximate surface area is 142 Å². The van der Waals surface area contributed by atoms with Crippen LogP contribution >= 0.6 is 11.3 Å². The smallest absolute Gasteiger partial charge is 0.234 e. The normalized spacial score (nSPS) is 11.7. The van der Waals surface area contributed by atoms with Crippen LogP contribution in [-0.4, -0.2) is 34.7 Å². The summed E-state index contributed by atoms with van der Waals surface area (Å²) in [4.78, 5) is 0.773. The third-order valence-electron chi connectivity index (χ3n) is 4.27. The first-order chi connectivity index (χ1) is 11.5. The highest BCUT2D eigenvalue weighted by Gasteiger charge is 2.21. The second-order valence-corrected chi connectivity index (χ2v) is 6.90. The summed E-state index contributed by atoms with van der Waals surface area (Å²) in [5, 5.41) is 22.7. The van der Waals surface area contributed by atoms with E-state index in [9.17, 15) is 0 Å². The Morgan fingerprint density at radius 1 is 1.04 bits per heavy atom. The molecule has 4 aromatic heterocycles. The fourth-order valence-electron chi connectivity index (χ4n) is 2.89. The van der Waals surface area contributed by atoms with Gasteiger partial charge in [-0.1, -0.05) is 16.5 Å². The van der Waals surface area contributed by atoms with Gasteiger partial charge in [-0.25, -0.2) is 0 Å². The fourth-order valence-corrected chi connectivity index (χ4v) is 3.73. The summed E-state index contributed by atoms with van der Waals surface area (Å²) in [6.07, 6.45) is 0.680. The quantitative estimate of drug-likeness (QED) is 0.568. The summed E-state index contributed by atoms with van der Waals surface area (Å²) in [7, 11) is 1.92. The van der Waals surface area contributed by atoms with Gasteiger partial charge in [-0.05, 0) is 27.7 Å². The Bertz CT molecular complexity index is 1030. The average Bonchev–Trinajstić information content (AvgIpc) is 3.23. The number of hydrogen-bond donors (Lipinski definition) is 0. The molecule has 4 aromatic rings. The van der Waals surface area contributed by atoms with Gasteiger partial charge in [0.25, 0.3) is 0 Å². The number of aromatic nitrogens is 7. The van der Waals surface area contributed by atoms with E-state index in [1.165, 1.54) is 11.3 Å². The van der Waals surface area contributed by atoms with Crippen molar-refractivity contribution >= 4 is 16.3 Å². The van der Waals surface area contributed by atoms with E-state index in [4.69, 9.17) is 9.62 Å². The Morgan fingerprint density at radius 3 is 2.46 bits per heavy atom. The molecule has 0 aliphatic heterocycles. The minimum Gasteiger partial charge on any atom is -0.361 e. The van der Waals surface area contributed by atoms with Crippen LogP contribution in [0.15, 0.2) is 4.52 Å². The predicted molar refractivity (Wildman–Crippen MR) is 89.1 cm³/mol. The molecule has 0 bridgehead atoms. The zero-order chi connectivity index (χ0) is 17.0. The molecule has 124 valence electrons. The zero-order valence-corrected chi connectivity index (χ0v) is 15.0. The highest BCUT2D eigenvalue weighted by Crippen LogP contribution is 2.28. The maximum atomic E-state index is 5.23. The van der Waals surface area contributed by atoms with E-state index in [2.05, 4.69) is 20.5 Å². The highest BCUT2D eigenvalue weighted by atomic mass is 32.1. The summed E-state index contributed by atoms with van der Waals surface area (Å²) in [6.45, 7) is 7.86. The molecular weight excluding hydrogens is 326 g/mol. The van der Waals surface area contributed by atoms with Crippen LogP contribution in [0.5, 0.6) is 0 Å². The molecule has 9 heteroatoms. The van der Waals surface area contributed by atoms with Crippen molar-refractivity contribution in [3.8, 4) is 11.4 Å². The SMILES string of the molecule is Cc1noc(C)c1Cc1nn2c(-c3c(C)nn(C)c3C)nnc2s1. The monoisotopic (exact) mass is 343 g/mol. The third-order valence-corrected chi connectivity index (χ3v) is 5.17. The van der Waals surface area contributed by atoms with Crippen molar-refractivity contribution in [3.05, 3.63) is 33.4 Å². The van der Waals surface area contributed by atoms with Crippen LogP contribution in [0.4, 0.5) is 0 Å². The molecule has 4 rings (SSSR count). The number of rotatable bonds is 3. The van der Waals surface area contributed by atoms with Crippen molar-refractivity contribution in [1.82, 2.24) is 34.7 Å². The summed E-state index contributed by atoms with van der Waals surface area (Å²) >= 11 is 1.53. The van der Waals surface area contributed by atoms with Crippen LogP contribution in [0.1, 0.15) is 33.4 Å².